The third-order valence-electron chi connectivity index (χ3n) is 4.57. The Morgan fingerprint density at radius 3 is 2.69 bits per heavy atom. The number of nitrogens with zero attached hydrogens (tertiary/aromatic N) is 4. The number of aromatic nitrogens is 3. The van der Waals surface area contributed by atoms with Crippen LogP contribution in [-0.4, -0.2) is 28.8 Å². The molecule has 3 aromatic rings. The van der Waals surface area contributed by atoms with Crippen molar-refractivity contribution < 1.29 is 9.26 Å². The molecule has 0 aliphatic carbocycles. The van der Waals surface area contributed by atoms with E-state index in [1.165, 1.54) is 0 Å². The molecule has 6 nitrogen and oxygen atoms in total. The zero-order chi connectivity index (χ0) is 18.1. The van der Waals surface area contributed by atoms with Gasteiger partial charge in [-0.05, 0) is 31.5 Å². The van der Waals surface area contributed by atoms with E-state index in [2.05, 4.69) is 44.3 Å². The molecule has 1 aromatic carbocycles. The lowest BCUT2D eigenvalue weighted by molar-refractivity contribution is 0.393. The van der Waals surface area contributed by atoms with E-state index in [1.54, 1.807) is 19.5 Å². The summed E-state index contributed by atoms with van der Waals surface area (Å²) in [4.78, 5) is 10.9. The highest BCUT2D eigenvalue weighted by molar-refractivity contribution is 5.83. The Bertz CT molecular complexity index is 944. The lowest BCUT2D eigenvalue weighted by Crippen LogP contribution is -2.26. The molecule has 0 N–H and O–H groups in total. The van der Waals surface area contributed by atoms with Crippen LogP contribution in [-0.2, 0) is 6.54 Å². The van der Waals surface area contributed by atoms with Crippen LogP contribution >= 0.6 is 0 Å². The Balaban J connectivity index is 1.78. The van der Waals surface area contributed by atoms with Crippen molar-refractivity contribution in [3.63, 3.8) is 0 Å². The average Bonchev–Trinajstić information content (AvgIpc) is 3.00. The van der Waals surface area contributed by atoms with Gasteiger partial charge >= 0.3 is 0 Å². The van der Waals surface area contributed by atoms with Crippen LogP contribution in [0.4, 0.5) is 5.69 Å². The molecule has 1 aliphatic heterocycles. The maximum atomic E-state index is 5.69. The van der Waals surface area contributed by atoms with E-state index in [9.17, 15) is 0 Å². The van der Waals surface area contributed by atoms with Crippen LogP contribution < -0.4 is 9.64 Å². The molecule has 0 fully saturated rings. The number of aryl methyl sites for hydroxylation is 2. The summed E-state index contributed by atoms with van der Waals surface area (Å²) in [6.07, 6.45) is 7.82. The third-order valence-corrected chi connectivity index (χ3v) is 4.57. The van der Waals surface area contributed by atoms with E-state index < -0.39 is 0 Å². The lowest BCUT2D eigenvalue weighted by atomic mass is 9.97. The van der Waals surface area contributed by atoms with Crippen LogP contribution in [0.1, 0.15) is 22.8 Å². The van der Waals surface area contributed by atoms with E-state index in [0.717, 1.165) is 52.0 Å². The first kappa shape index (κ1) is 16.3. The summed E-state index contributed by atoms with van der Waals surface area (Å²) >= 11 is 0. The van der Waals surface area contributed by atoms with E-state index in [-0.39, 0.29) is 0 Å². The van der Waals surface area contributed by atoms with Crippen molar-refractivity contribution in [1.82, 2.24) is 15.1 Å². The molecule has 2 aromatic heterocycles. The number of benzene rings is 1. The first-order valence-electron chi connectivity index (χ1n) is 8.50. The smallest absolute Gasteiger partial charge is 0.147 e. The van der Waals surface area contributed by atoms with Crippen LogP contribution in [0, 0.1) is 13.8 Å². The van der Waals surface area contributed by atoms with Gasteiger partial charge in [-0.25, -0.2) is 9.97 Å². The monoisotopic (exact) mass is 348 g/mol. The maximum Gasteiger partial charge on any atom is 0.147 e. The SMILES string of the molecule is COc1cc2c(cc1-c1c(C)noc1C)C=CCN2Cc1ncccn1. The van der Waals surface area contributed by atoms with Crippen LogP contribution in [0.3, 0.4) is 0 Å². The number of fused-ring (bicyclic) bond motifs is 1. The Kier molecular flexibility index (Phi) is 4.16. The van der Waals surface area contributed by atoms with Gasteiger partial charge in [0.05, 0.1) is 24.9 Å². The first-order valence-corrected chi connectivity index (χ1v) is 8.50. The zero-order valence-corrected chi connectivity index (χ0v) is 15.1. The summed E-state index contributed by atoms with van der Waals surface area (Å²) in [5.74, 6) is 2.38. The zero-order valence-electron chi connectivity index (χ0n) is 15.1. The van der Waals surface area contributed by atoms with Crippen LogP contribution in [0.2, 0.25) is 0 Å². The average molecular weight is 348 g/mol. The predicted molar refractivity (Wildman–Crippen MR) is 100 cm³/mol. The maximum absolute atomic E-state index is 5.69. The lowest BCUT2D eigenvalue weighted by Gasteiger charge is -2.28. The Morgan fingerprint density at radius 2 is 2.00 bits per heavy atom. The fourth-order valence-corrected chi connectivity index (χ4v) is 3.36. The molecule has 6 heteroatoms. The van der Waals surface area contributed by atoms with Crippen molar-refractivity contribution in [2.45, 2.75) is 20.4 Å². The standard InChI is InChI=1S/C20H20N4O2/c1-13-20(14(2)26-23-13)16-10-15-6-4-9-24(17(15)11-18(16)25-3)12-19-21-7-5-8-22-19/h4-8,10-11H,9,12H2,1-3H3. The molecule has 0 unspecified atom stereocenters. The Morgan fingerprint density at radius 1 is 1.19 bits per heavy atom. The molecule has 132 valence electrons. The van der Waals surface area contributed by atoms with E-state index in [4.69, 9.17) is 9.26 Å². The molecule has 0 spiro atoms. The summed E-state index contributed by atoms with van der Waals surface area (Å²) in [6, 6.07) is 6.03. The fraction of sp³-hybridized carbons (Fsp3) is 0.250. The minimum absolute atomic E-state index is 0.645. The minimum Gasteiger partial charge on any atom is -0.496 e. The molecule has 3 heterocycles. The molecule has 0 saturated carbocycles. The Hall–Kier alpha value is -3.15. The van der Waals surface area contributed by atoms with Gasteiger partial charge < -0.3 is 14.2 Å². The summed E-state index contributed by atoms with van der Waals surface area (Å²) in [5.41, 5.74) is 5.07. The van der Waals surface area contributed by atoms with Gasteiger partial charge in [0.25, 0.3) is 0 Å². The first-order chi connectivity index (χ1) is 12.7. The van der Waals surface area contributed by atoms with Crippen LogP contribution in [0.25, 0.3) is 17.2 Å². The summed E-state index contributed by atoms with van der Waals surface area (Å²) in [5, 5.41) is 4.08. The molecular formula is C20H20N4O2. The normalized spacial score (nSPS) is 13.0. The van der Waals surface area contributed by atoms with Crippen LogP contribution in [0.5, 0.6) is 5.75 Å². The highest BCUT2D eigenvalue weighted by atomic mass is 16.5. The molecule has 1 aliphatic rings. The molecule has 0 atom stereocenters. The van der Waals surface area contributed by atoms with Crippen molar-refractivity contribution in [1.29, 1.82) is 0 Å². The van der Waals surface area contributed by atoms with Gasteiger partial charge in [-0.15, -0.1) is 0 Å². The molecule has 0 saturated heterocycles. The van der Waals surface area contributed by atoms with Crippen molar-refractivity contribution in [3.05, 3.63) is 59.5 Å². The second kappa shape index (κ2) is 6.63. The van der Waals surface area contributed by atoms with E-state index in [0.29, 0.717) is 6.54 Å². The van der Waals surface area contributed by atoms with Gasteiger partial charge in [0, 0.05) is 36.3 Å². The van der Waals surface area contributed by atoms with Crippen LogP contribution in [0.15, 0.2) is 41.2 Å². The second-order valence-electron chi connectivity index (χ2n) is 6.26. The van der Waals surface area contributed by atoms with Crippen molar-refractivity contribution in [2.24, 2.45) is 0 Å². The molecule has 26 heavy (non-hydrogen) atoms. The van der Waals surface area contributed by atoms with Gasteiger partial charge in [-0.3, -0.25) is 0 Å². The number of anilines is 1. The number of ether oxygens (including phenoxy) is 1. The molecular weight excluding hydrogens is 328 g/mol. The van der Waals surface area contributed by atoms with Gasteiger partial charge in [-0.2, -0.15) is 0 Å². The largest absolute Gasteiger partial charge is 0.496 e. The highest BCUT2D eigenvalue weighted by Gasteiger charge is 2.22. The Labute approximate surface area is 152 Å². The topological polar surface area (TPSA) is 64.3 Å². The summed E-state index contributed by atoms with van der Waals surface area (Å²) in [6.45, 7) is 5.31. The minimum atomic E-state index is 0.645. The molecule has 4 rings (SSSR count). The molecule has 0 amide bonds. The number of hydrogen-bond donors (Lipinski definition) is 0. The molecule has 0 bridgehead atoms. The summed E-state index contributed by atoms with van der Waals surface area (Å²) < 4.78 is 11.0. The number of rotatable bonds is 4. The van der Waals surface area contributed by atoms with Crippen molar-refractivity contribution >= 4 is 11.8 Å². The van der Waals surface area contributed by atoms with E-state index in [1.807, 2.05) is 19.9 Å². The van der Waals surface area contributed by atoms with Gasteiger partial charge in [0.2, 0.25) is 0 Å². The second-order valence-corrected chi connectivity index (χ2v) is 6.26. The fourth-order valence-electron chi connectivity index (χ4n) is 3.36. The summed E-state index contributed by atoms with van der Waals surface area (Å²) in [7, 11) is 1.69. The number of methoxy groups -OCH3 is 1. The number of hydrogen-bond acceptors (Lipinski definition) is 6. The van der Waals surface area contributed by atoms with Gasteiger partial charge in [-0.1, -0.05) is 17.3 Å². The van der Waals surface area contributed by atoms with Gasteiger partial charge in [0.15, 0.2) is 0 Å². The van der Waals surface area contributed by atoms with Gasteiger partial charge in [0.1, 0.15) is 17.3 Å². The molecule has 0 radical (unpaired) electrons. The van der Waals surface area contributed by atoms with E-state index >= 15 is 0 Å². The third kappa shape index (κ3) is 2.83. The van der Waals surface area contributed by atoms with Crippen molar-refractivity contribution in [3.8, 4) is 16.9 Å². The van der Waals surface area contributed by atoms with Crippen molar-refractivity contribution in [2.75, 3.05) is 18.6 Å². The quantitative estimate of drug-likeness (QED) is 0.715. The highest BCUT2D eigenvalue weighted by Crippen LogP contribution is 2.41. The predicted octanol–water partition coefficient (Wildman–Crippen LogP) is 3.79.